The standard InChI is InChI=1S/C8H14O2/c1-6-3-4-10-8(6)5-7(2)9/h6,8H,3-5H2,1-2H3. The first-order chi connectivity index (χ1) is 4.70. The number of Topliss-reactive ketones (excluding diaryl/α,β-unsaturated/α-hetero) is 1. The van der Waals surface area contributed by atoms with Crippen molar-refractivity contribution in [3.63, 3.8) is 0 Å². The largest absolute Gasteiger partial charge is 0.377 e. The second-order valence-electron chi connectivity index (χ2n) is 3.08. The molecule has 0 spiro atoms. The van der Waals surface area contributed by atoms with E-state index in [-0.39, 0.29) is 11.9 Å². The number of ether oxygens (including phenoxy) is 1. The van der Waals surface area contributed by atoms with Crippen LogP contribution in [0.2, 0.25) is 0 Å². The summed E-state index contributed by atoms with van der Waals surface area (Å²) in [5.41, 5.74) is 0. The zero-order chi connectivity index (χ0) is 7.56. The smallest absolute Gasteiger partial charge is 0.132 e. The summed E-state index contributed by atoms with van der Waals surface area (Å²) in [5.74, 6) is 0.808. The van der Waals surface area contributed by atoms with Crippen LogP contribution in [0.15, 0.2) is 0 Å². The molecule has 0 aromatic heterocycles. The summed E-state index contributed by atoms with van der Waals surface area (Å²) >= 11 is 0. The molecular formula is C8H14O2. The van der Waals surface area contributed by atoms with E-state index in [0.29, 0.717) is 12.3 Å². The van der Waals surface area contributed by atoms with E-state index >= 15 is 0 Å². The van der Waals surface area contributed by atoms with Crippen molar-refractivity contribution in [2.24, 2.45) is 5.92 Å². The Kier molecular flexibility index (Phi) is 2.44. The SMILES string of the molecule is CC(=O)CC1OCCC1C. The topological polar surface area (TPSA) is 26.3 Å². The van der Waals surface area contributed by atoms with Gasteiger partial charge in [-0.1, -0.05) is 6.92 Å². The Balaban J connectivity index is 2.33. The molecule has 2 unspecified atom stereocenters. The molecule has 0 amide bonds. The van der Waals surface area contributed by atoms with Gasteiger partial charge >= 0.3 is 0 Å². The molecule has 0 aliphatic carbocycles. The second kappa shape index (κ2) is 3.15. The maximum Gasteiger partial charge on any atom is 0.132 e. The Morgan fingerprint density at radius 2 is 2.40 bits per heavy atom. The minimum absolute atomic E-state index is 0.206. The minimum atomic E-state index is 0.206. The predicted molar refractivity (Wildman–Crippen MR) is 38.8 cm³/mol. The van der Waals surface area contributed by atoms with Crippen LogP contribution in [0.1, 0.15) is 26.7 Å². The van der Waals surface area contributed by atoms with E-state index in [1.165, 1.54) is 0 Å². The quantitative estimate of drug-likeness (QED) is 0.582. The maximum absolute atomic E-state index is 10.7. The van der Waals surface area contributed by atoms with Crippen molar-refractivity contribution >= 4 is 5.78 Å². The molecule has 1 saturated heterocycles. The van der Waals surface area contributed by atoms with Crippen molar-refractivity contribution in [3.8, 4) is 0 Å². The molecule has 0 bridgehead atoms. The molecule has 0 N–H and O–H groups in total. The van der Waals surface area contributed by atoms with Crippen molar-refractivity contribution in [1.29, 1.82) is 0 Å². The molecule has 1 heterocycles. The van der Waals surface area contributed by atoms with Crippen LogP contribution in [-0.4, -0.2) is 18.5 Å². The van der Waals surface area contributed by atoms with Gasteiger partial charge in [-0.05, 0) is 19.3 Å². The highest BCUT2D eigenvalue weighted by molar-refractivity contribution is 5.76. The summed E-state index contributed by atoms with van der Waals surface area (Å²) in [7, 11) is 0. The Morgan fingerprint density at radius 3 is 2.80 bits per heavy atom. The maximum atomic E-state index is 10.7. The van der Waals surface area contributed by atoms with E-state index in [9.17, 15) is 4.79 Å². The average molecular weight is 142 g/mol. The summed E-state index contributed by atoms with van der Waals surface area (Å²) in [4.78, 5) is 10.7. The number of carbonyl (C=O) groups excluding carboxylic acids is 1. The Morgan fingerprint density at radius 1 is 1.70 bits per heavy atom. The molecule has 58 valence electrons. The van der Waals surface area contributed by atoms with Crippen molar-refractivity contribution < 1.29 is 9.53 Å². The molecular weight excluding hydrogens is 128 g/mol. The van der Waals surface area contributed by atoms with Crippen molar-refractivity contribution in [1.82, 2.24) is 0 Å². The Hall–Kier alpha value is -0.370. The van der Waals surface area contributed by atoms with E-state index in [4.69, 9.17) is 4.74 Å². The molecule has 1 fully saturated rings. The molecule has 0 aromatic carbocycles. The third kappa shape index (κ3) is 1.81. The zero-order valence-corrected chi connectivity index (χ0v) is 6.59. The third-order valence-electron chi connectivity index (χ3n) is 2.03. The first-order valence-electron chi connectivity index (χ1n) is 3.81. The van der Waals surface area contributed by atoms with Gasteiger partial charge in [0, 0.05) is 13.0 Å². The van der Waals surface area contributed by atoms with Gasteiger partial charge in [-0.2, -0.15) is 0 Å². The lowest BCUT2D eigenvalue weighted by Crippen LogP contribution is -2.16. The second-order valence-corrected chi connectivity index (χ2v) is 3.08. The van der Waals surface area contributed by atoms with Crippen LogP contribution >= 0.6 is 0 Å². The minimum Gasteiger partial charge on any atom is -0.377 e. The van der Waals surface area contributed by atoms with Crippen molar-refractivity contribution in [3.05, 3.63) is 0 Å². The molecule has 1 rings (SSSR count). The molecule has 1 aliphatic heterocycles. The van der Waals surface area contributed by atoms with Crippen LogP contribution < -0.4 is 0 Å². The lowest BCUT2D eigenvalue weighted by molar-refractivity contribution is -0.119. The summed E-state index contributed by atoms with van der Waals surface area (Å²) in [5, 5.41) is 0. The third-order valence-corrected chi connectivity index (χ3v) is 2.03. The molecule has 0 aromatic rings. The van der Waals surface area contributed by atoms with Crippen LogP contribution in [0.4, 0.5) is 0 Å². The van der Waals surface area contributed by atoms with Gasteiger partial charge in [0.2, 0.25) is 0 Å². The molecule has 2 atom stereocenters. The summed E-state index contributed by atoms with van der Waals surface area (Å²) in [6.45, 7) is 4.59. The molecule has 0 saturated carbocycles. The summed E-state index contributed by atoms with van der Waals surface area (Å²) in [6, 6.07) is 0. The van der Waals surface area contributed by atoms with Crippen molar-refractivity contribution in [2.75, 3.05) is 6.61 Å². The van der Waals surface area contributed by atoms with Gasteiger partial charge < -0.3 is 4.74 Å². The lowest BCUT2D eigenvalue weighted by Gasteiger charge is -2.11. The number of carbonyl (C=O) groups is 1. The van der Waals surface area contributed by atoms with E-state index in [1.54, 1.807) is 6.92 Å². The first-order valence-corrected chi connectivity index (χ1v) is 3.81. The first kappa shape index (κ1) is 7.73. The lowest BCUT2D eigenvalue weighted by atomic mass is 10.0. The molecule has 10 heavy (non-hydrogen) atoms. The van der Waals surface area contributed by atoms with Crippen LogP contribution in [0.3, 0.4) is 0 Å². The van der Waals surface area contributed by atoms with Gasteiger partial charge in [0.1, 0.15) is 5.78 Å². The van der Waals surface area contributed by atoms with E-state index in [0.717, 1.165) is 13.0 Å². The van der Waals surface area contributed by atoms with Crippen molar-refractivity contribution in [2.45, 2.75) is 32.8 Å². The van der Waals surface area contributed by atoms with Gasteiger partial charge in [0.25, 0.3) is 0 Å². The van der Waals surface area contributed by atoms with E-state index in [1.807, 2.05) is 0 Å². The molecule has 1 aliphatic rings. The van der Waals surface area contributed by atoms with E-state index in [2.05, 4.69) is 6.92 Å². The fourth-order valence-corrected chi connectivity index (χ4v) is 1.30. The van der Waals surface area contributed by atoms with Gasteiger partial charge in [-0.3, -0.25) is 4.79 Å². The van der Waals surface area contributed by atoms with Crippen LogP contribution in [0, 0.1) is 5.92 Å². The van der Waals surface area contributed by atoms with E-state index < -0.39 is 0 Å². The van der Waals surface area contributed by atoms with Gasteiger partial charge in [0.05, 0.1) is 6.10 Å². The number of hydrogen-bond acceptors (Lipinski definition) is 2. The number of ketones is 1. The fourth-order valence-electron chi connectivity index (χ4n) is 1.30. The molecule has 0 radical (unpaired) electrons. The van der Waals surface area contributed by atoms with Gasteiger partial charge in [-0.15, -0.1) is 0 Å². The predicted octanol–water partition coefficient (Wildman–Crippen LogP) is 1.39. The fraction of sp³-hybridized carbons (Fsp3) is 0.875. The Labute approximate surface area is 61.6 Å². The highest BCUT2D eigenvalue weighted by Crippen LogP contribution is 2.22. The van der Waals surface area contributed by atoms with Gasteiger partial charge in [0.15, 0.2) is 0 Å². The monoisotopic (exact) mass is 142 g/mol. The highest BCUT2D eigenvalue weighted by atomic mass is 16.5. The zero-order valence-electron chi connectivity index (χ0n) is 6.59. The number of rotatable bonds is 2. The Bertz CT molecular complexity index is 131. The number of hydrogen-bond donors (Lipinski definition) is 0. The summed E-state index contributed by atoms with van der Waals surface area (Å²) in [6.07, 6.45) is 1.91. The van der Waals surface area contributed by atoms with Gasteiger partial charge in [-0.25, -0.2) is 0 Å². The summed E-state index contributed by atoms with van der Waals surface area (Å²) < 4.78 is 5.36. The molecule has 2 nitrogen and oxygen atoms in total. The van der Waals surface area contributed by atoms with Crippen LogP contribution in [0.5, 0.6) is 0 Å². The highest BCUT2D eigenvalue weighted by Gasteiger charge is 2.24. The van der Waals surface area contributed by atoms with Crippen LogP contribution in [0.25, 0.3) is 0 Å². The molecule has 2 heteroatoms. The average Bonchev–Trinajstić information content (AvgIpc) is 2.15. The van der Waals surface area contributed by atoms with Crippen LogP contribution in [-0.2, 0) is 9.53 Å². The normalized spacial score (nSPS) is 32.6.